The van der Waals surface area contributed by atoms with Gasteiger partial charge in [-0.2, -0.15) is 31.3 Å². The standard InChI is InChI=1S/C31H23F7N6O4/c32-22-7-1-18(2-8-22)13-27(45)39-23-9-3-19(4-10-23)21-6-12-26-41-29(42-44(26)15-21)40-24-11-5-20(14-25(24)47-16-30(33,34)35)28(46)43-48-17-31(36,37)38/h1-12,14-15H,13,16-17H2,(H,39,45)(H,40,42)(H,43,46). The Hall–Kier alpha value is -5.71. The van der Waals surface area contributed by atoms with E-state index in [9.17, 15) is 40.3 Å². The molecule has 250 valence electrons. The van der Waals surface area contributed by atoms with Gasteiger partial charge in [0.1, 0.15) is 11.6 Å². The van der Waals surface area contributed by atoms with Crippen LogP contribution in [0.3, 0.4) is 0 Å². The lowest BCUT2D eigenvalue weighted by atomic mass is 10.1. The van der Waals surface area contributed by atoms with Crippen molar-refractivity contribution < 1.29 is 49.9 Å². The summed E-state index contributed by atoms with van der Waals surface area (Å²) >= 11 is 0. The zero-order valence-electron chi connectivity index (χ0n) is 24.3. The number of carbonyl (C=O) groups excluding carboxylic acids is 2. The minimum absolute atomic E-state index is 0.0473. The molecule has 0 spiro atoms. The SMILES string of the molecule is O=C(Cc1ccc(F)cc1)Nc1ccc(-c2ccc3nc(Nc4ccc(C(=O)NOCC(F)(F)F)cc4OCC(F)(F)F)nn3c2)cc1. The molecule has 0 unspecified atom stereocenters. The van der Waals surface area contributed by atoms with Gasteiger partial charge in [0.25, 0.3) is 5.91 Å². The monoisotopic (exact) mass is 676 g/mol. The number of hydroxylamine groups is 1. The average Bonchev–Trinajstić information content (AvgIpc) is 3.42. The molecule has 0 fully saturated rings. The zero-order chi connectivity index (χ0) is 34.5. The van der Waals surface area contributed by atoms with Gasteiger partial charge >= 0.3 is 12.4 Å². The molecule has 5 rings (SSSR count). The Morgan fingerprint density at radius 1 is 0.812 bits per heavy atom. The van der Waals surface area contributed by atoms with E-state index in [1.165, 1.54) is 34.8 Å². The molecular formula is C31H23F7N6O4. The normalized spacial score (nSPS) is 11.7. The van der Waals surface area contributed by atoms with Gasteiger partial charge in [-0.25, -0.2) is 14.4 Å². The van der Waals surface area contributed by atoms with Crippen molar-refractivity contribution in [1.82, 2.24) is 20.1 Å². The van der Waals surface area contributed by atoms with Gasteiger partial charge in [0.2, 0.25) is 11.9 Å². The van der Waals surface area contributed by atoms with Crippen LogP contribution in [0.25, 0.3) is 16.8 Å². The molecule has 48 heavy (non-hydrogen) atoms. The van der Waals surface area contributed by atoms with E-state index in [0.29, 0.717) is 22.5 Å². The minimum atomic E-state index is -4.74. The molecule has 3 N–H and O–H groups in total. The van der Waals surface area contributed by atoms with Gasteiger partial charge in [0, 0.05) is 23.0 Å². The number of hydrogen-bond donors (Lipinski definition) is 3. The summed E-state index contributed by atoms with van der Waals surface area (Å²) in [5, 5.41) is 9.80. The van der Waals surface area contributed by atoms with E-state index in [1.807, 2.05) is 0 Å². The minimum Gasteiger partial charge on any atom is -0.482 e. The van der Waals surface area contributed by atoms with Crippen molar-refractivity contribution in [3.63, 3.8) is 0 Å². The number of hydrogen-bond acceptors (Lipinski definition) is 7. The second-order valence-corrected chi connectivity index (χ2v) is 10.2. The Balaban J connectivity index is 1.28. The number of ether oxygens (including phenoxy) is 1. The first-order chi connectivity index (χ1) is 22.7. The molecule has 3 aromatic carbocycles. The molecule has 2 heterocycles. The molecule has 0 bridgehead atoms. The zero-order valence-corrected chi connectivity index (χ0v) is 24.3. The third-order valence-electron chi connectivity index (χ3n) is 6.39. The average molecular weight is 677 g/mol. The first-order valence-electron chi connectivity index (χ1n) is 13.8. The number of rotatable bonds is 11. The number of pyridine rings is 1. The predicted molar refractivity (Wildman–Crippen MR) is 158 cm³/mol. The van der Waals surface area contributed by atoms with Gasteiger partial charge in [-0.3, -0.25) is 14.4 Å². The Bertz CT molecular complexity index is 1910. The largest absolute Gasteiger partial charge is 0.482 e. The maximum atomic E-state index is 13.1. The summed E-state index contributed by atoms with van der Waals surface area (Å²) in [5.74, 6) is -2.33. The van der Waals surface area contributed by atoms with E-state index in [2.05, 4.69) is 25.6 Å². The maximum Gasteiger partial charge on any atom is 0.422 e. The van der Waals surface area contributed by atoms with Crippen LogP contribution in [0.1, 0.15) is 15.9 Å². The summed E-state index contributed by atoms with van der Waals surface area (Å²) < 4.78 is 95.0. The summed E-state index contributed by atoms with van der Waals surface area (Å²) in [6, 6.07) is 19.1. The number of nitrogens with one attached hydrogen (secondary N) is 3. The fraction of sp³-hybridized carbons (Fsp3) is 0.161. The molecule has 0 saturated carbocycles. The van der Waals surface area contributed by atoms with Crippen LogP contribution >= 0.6 is 0 Å². The number of halogens is 7. The van der Waals surface area contributed by atoms with Gasteiger partial charge < -0.3 is 15.4 Å². The molecule has 5 aromatic rings. The molecule has 10 nitrogen and oxygen atoms in total. The highest BCUT2D eigenvalue weighted by Gasteiger charge is 2.30. The molecule has 2 amide bonds. The van der Waals surface area contributed by atoms with E-state index < -0.39 is 43.0 Å². The quantitative estimate of drug-likeness (QED) is 0.106. The molecule has 0 radical (unpaired) electrons. The third kappa shape index (κ3) is 9.41. The van der Waals surface area contributed by atoms with Gasteiger partial charge in [-0.1, -0.05) is 24.3 Å². The van der Waals surface area contributed by atoms with Crippen molar-refractivity contribution in [2.75, 3.05) is 23.8 Å². The second kappa shape index (κ2) is 14.0. The second-order valence-electron chi connectivity index (χ2n) is 10.2. The Morgan fingerprint density at radius 3 is 2.19 bits per heavy atom. The maximum absolute atomic E-state index is 13.1. The summed E-state index contributed by atoms with van der Waals surface area (Å²) in [4.78, 5) is 33.0. The van der Waals surface area contributed by atoms with Gasteiger partial charge in [-0.05, 0) is 65.7 Å². The molecule has 17 heteroatoms. The summed E-state index contributed by atoms with van der Waals surface area (Å²) in [6.07, 6.45) is -7.75. The molecule has 0 aliphatic rings. The number of aromatic nitrogens is 3. The predicted octanol–water partition coefficient (Wildman–Crippen LogP) is 6.63. The number of nitrogens with zero attached hydrogens (tertiary/aromatic N) is 3. The highest BCUT2D eigenvalue weighted by atomic mass is 19.4. The Labute approximate surface area is 266 Å². The van der Waals surface area contributed by atoms with Gasteiger partial charge in [0.05, 0.1) is 12.1 Å². The number of benzene rings is 3. The molecule has 0 atom stereocenters. The third-order valence-corrected chi connectivity index (χ3v) is 6.39. The van der Waals surface area contributed by atoms with E-state index in [4.69, 9.17) is 4.74 Å². The van der Waals surface area contributed by atoms with Crippen molar-refractivity contribution in [1.29, 1.82) is 0 Å². The number of anilines is 3. The molecule has 0 aliphatic heterocycles. The molecule has 2 aromatic heterocycles. The topological polar surface area (TPSA) is 119 Å². The van der Waals surface area contributed by atoms with Crippen LogP contribution in [0.4, 0.5) is 48.1 Å². The smallest absolute Gasteiger partial charge is 0.422 e. The van der Waals surface area contributed by atoms with Crippen molar-refractivity contribution in [3.8, 4) is 16.9 Å². The van der Waals surface area contributed by atoms with Gasteiger partial charge in [-0.15, -0.1) is 5.10 Å². The van der Waals surface area contributed by atoms with Crippen LogP contribution in [0.15, 0.2) is 85.1 Å². The van der Waals surface area contributed by atoms with E-state index >= 15 is 0 Å². The van der Waals surface area contributed by atoms with Crippen LogP contribution in [0.5, 0.6) is 5.75 Å². The van der Waals surface area contributed by atoms with Crippen LogP contribution in [-0.2, 0) is 16.1 Å². The highest BCUT2D eigenvalue weighted by Crippen LogP contribution is 2.31. The van der Waals surface area contributed by atoms with Crippen LogP contribution < -0.4 is 20.9 Å². The molecule has 0 saturated heterocycles. The number of amides is 2. The van der Waals surface area contributed by atoms with Gasteiger partial charge in [0.15, 0.2) is 18.9 Å². The fourth-order valence-corrected chi connectivity index (χ4v) is 4.25. The summed E-state index contributed by atoms with van der Waals surface area (Å²) in [7, 11) is 0. The number of carbonyl (C=O) groups is 2. The summed E-state index contributed by atoms with van der Waals surface area (Å²) in [5.41, 5.74) is 4.18. The first-order valence-corrected chi connectivity index (χ1v) is 13.8. The Kier molecular flexibility index (Phi) is 9.79. The number of fused-ring (bicyclic) bond motifs is 1. The van der Waals surface area contributed by atoms with Crippen molar-refractivity contribution >= 4 is 34.8 Å². The molecule has 0 aliphatic carbocycles. The number of alkyl halides is 6. The fourth-order valence-electron chi connectivity index (χ4n) is 4.25. The lowest BCUT2D eigenvalue weighted by molar-refractivity contribution is -0.184. The van der Waals surface area contributed by atoms with Crippen molar-refractivity contribution in [2.45, 2.75) is 18.8 Å². The summed E-state index contributed by atoms with van der Waals surface area (Å²) in [6.45, 7) is -3.50. The van der Waals surface area contributed by atoms with E-state index in [0.717, 1.165) is 17.7 Å². The van der Waals surface area contributed by atoms with Crippen molar-refractivity contribution in [3.05, 3.63) is 102 Å². The lowest BCUT2D eigenvalue weighted by Gasteiger charge is -2.15. The Morgan fingerprint density at radius 2 is 1.50 bits per heavy atom. The highest BCUT2D eigenvalue weighted by molar-refractivity contribution is 5.95. The van der Waals surface area contributed by atoms with Crippen LogP contribution in [0.2, 0.25) is 0 Å². The van der Waals surface area contributed by atoms with E-state index in [1.54, 1.807) is 48.1 Å². The first kappa shape index (κ1) is 33.6. The lowest BCUT2D eigenvalue weighted by Crippen LogP contribution is -2.29. The van der Waals surface area contributed by atoms with Crippen molar-refractivity contribution in [2.24, 2.45) is 0 Å². The molecular weight excluding hydrogens is 653 g/mol. The van der Waals surface area contributed by atoms with Crippen LogP contribution in [-0.4, -0.2) is 52.0 Å². The van der Waals surface area contributed by atoms with Crippen LogP contribution in [0, 0.1) is 5.82 Å². The van der Waals surface area contributed by atoms with E-state index in [-0.39, 0.29) is 29.5 Å².